The highest BCUT2D eigenvalue weighted by Gasteiger charge is 2.28. The van der Waals surface area contributed by atoms with Crippen LogP contribution in [0, 0.1) is 0 Å². The van der Waals surface area contributed by atoms with Gasteiger partial charge in [-0.1, -0.05) is 12.8 Å². The van der Waals surface area contributed by atoms with Crippen molar-refractivity contribution in [1.82, 2.24) is 0 Å². The molecule has 2 aliphatic carbocycles. The van der Waals surface area contributed by atoms with Gasteiger partial charge < -0.3 is 4.42 Å². The highest BCUT2D eigenvalue weighted by Crippen LogP contribution is 2.43. The molecule has 0 bridgehead atoms. The quantitative estimate of drug-likeness (QED) is 0.733. The Labute approximate surface area is 93.0 Å². The molecule has 14 heavy (non-hydrogen) atoms. The maximum absolute atomic E-state index is 5.99. The smallest absolute Gasteiger partial charge is 0.121 e. The van der Waals surface area contributed by atoms with Crippen molar-refractivity contribution in [2.45, 2.75) is 50.9 Å². The molecule has 0 aromatic carbocycles. The summed E-state index contributed by atoms with van der Waals surface area (Å²) < 4.78 is 7.30. The number of furan rings is 1. The summed E-state index contributed by atoms with van der Waals surface area (Å²) >= 11 is 3.72. The topological polar surface area (TPSA) is 13.1 Å². The second kappa shape index (κ2) is 3.41. The lowest BCUT2D eigenvalue weighted by Gasteiger charge is -2.06. The van der Waals surface area contributed by atoms with Crippen molar-refractivity contribution in [3.05, 3.63) is 21.6 Å². The van der Waals surface area contributed by atoms with Gasteiger partial charge in [-0.05, 0) is 41.6 Å². The number of hydrogen-bond acceptors (Lipinski definition) is 1. The van der Waals surface area contributed by atoms with Crippen LogP contribution >= 0.6 is 15.9 Å². The first-order valence-corrected chi connectivity index (χ1v) is 6.45. The van der Waals surface area contributed by atoms with Crippen LogP contribution in [0.4, 0.5) is 0 Å². The van der Waals surface area contributed by atoms with Crippen molar-refractivity contribution < 1.29 is 4.42 Å². The molecule has 1 heterocycles. The van der Waals surface area contributed by atoms with Gasteiger partial charge in [0.15, 0.2) is 0 Å². The van der Waals surface area contributed by atoms with Crippen LogP contribution in [0.5, 0.6) is 0 Å². The predicted octanol–water partition coefficient (Wildman–Crippen LogP) is 4.19. The van der Waals surface area contributed by atoms with Crippen molar-refractivity contribution in [3.8, 4) is 0 Å². The van der Waals surface area contributed by atoms with Crippen LogP contribution in [0.2, 0.25) is 0 Å². The molecule has 1 saturated carbocycles. The van der Waals surface area contributed by atoms with Crippen molar-refractivity contribution in [2.75, 3.05) is 0 Å². The second-order valence-corrected chi connectivity index (χ2v) is 5.31. The van der Waals surface area contributed by atoms with E-state index in [1.807, 2.05) is 0 Å². The van der Waals surface area contributed by atoms with Crippen LogP contribution in [-0.2, 0) is 12.8 Å². The Balaban J connectivity index is 1.98. The molecule has 0 atom stereocenters. The Hall–Kier alpha value is -0.240. The zero-order valence-electron chi connectivity index (χ0n) is 8.31. The van der Waals surface area contributed by atoms with Crippen molar-refractivity contribution in [2.24, 2.45) is 0 Å². The monoisotopic (exact) mass is 254 g/mol. The third-order valence-electron chi connectivity index (χ3n) is 3.61. The summed E-state index contributed by atoms with van der Waals surface area (Å²) in [6.07, 6.45) is 9.05. The molecule has 2 heteroatoms. The molecule has 1 nitrogen and oxygen atoms in total. The molecule has 3 rings (SSSR count). The van der Waals surface area contributed by atoms with E-state index < -0.39 is 0 Å². The third kappa shape index (κ3) is 1.27. The van der Waals surface area contributed by atoms with Gasteiger partial charge in [-0.2, -0.15) is 0 Å². The Bertz CT molecular complexity index is 347. The Morgan fingerprint density at radius 2 is 1.86 bits per heavy atom. The minimum atomic E-state index is 0.704. The normalized spacial score (nSPS) is 21.8. The standard InChI is InChI=1S/C12H15BrO/c13-11-9-6-3-7-10(9)14-12(11)8-4-1-2-5-8/h8H,1-7H2. The van der Waals surface area contributed by atoms with Crippen LogP contribution in [0.1, 0.15) is 55.1 Å². The molecular formula is C12H15BrO. The van der Waals surface area contributed by atoms with E-state index in [1.54, 1.807) is 0 Å². The van der Waals surface area contributed by atoms with E-state index in [2.05, 4.69) is 15.9 Å². The minimum absolute atomic E-state index is 0.704. The summed E-state index contributed by atoms with van der Waals surface area (Å²) in [5.74, 6) is 3.22. The van der Waals surface area contributed by atoms with E-state index in [-0.39, 0.29) is 0 Å². The first kappa shape index (κ1) is 9.02. The molecule has 1 fully saturated rings. The van der Waals surface area contributed by atoms with Crippen LogP contribution in [0.15, 0.2) is 8.89 Å². The van der Waals surface area contributed by atoms with E-state index in [9.17, 15) is 0 Å². The maximum atomic E-state index is 5.99. The zero-order chi connectivity index (χ0) is 9.54. The lowest BCUT2D eigenvalue weighted by molar-refractivity contribution is 0.432. The van der Waals surface area contributed by atoms with Gasteiger partial charge in [0.2, 0.25) is 0 Å². The molecule has 0 N–H and O–H groups in total. The van der Waals surface area contributed by atoms with Gasteiger partial charge in [-0.25, -0.2) is 0 Å². The fraction of sp³-hybridized carbons (Fsp3) is 0.667. The Kier molecular flexibility index (Phi) is 2.19. The lowest BCUT2D eigenvalue weighted by atomic mass is 10.0. The van der Waals surface area contributed by atoms with E-state index in [0.717, 1.165) is 6.42 Å². The molecule has 0 unspecified atom stereocenters. The largest absolute Gasteiger partial charge is 0.464 e. The highest BCUT2D eigenvalue weighted by molar-refractivity contribution is 9.10. The molecule has 0 saturated heterocycles. The lowest BCUT2D eigenvalue weighted by Crippen LogP contribution is -1.91. The molecule has 76 valence electrons. The molecule has 0 amide bonds. The van der Waals surface area contributed by atoms with Gasteiger partial charge in [-0.3, -0.25) is 0 Å². The first-order chi connectivity index (χ1) is 6.86. The maximum Gasteiger partial charge on any atom is 0.121 e. The number of halogens is 1. The Morgan fingerprint density at radius 3 is 2.57 bits per heavy atom. The van der Waals surface area contributed by atoms with Gasteiger partial charge in [0.25, 0.3) is 0 Å². The fourth-order valence-corrected chi connectivity index (χ4v) is 3.66. The third-order valence-corrected chi connectivity index (χ3v) is 4.48. The van der Waals surface area contributed by atoms with Crippen LogP contribution in [0.3, 0.4) is 0 Å². The highest BCUT2D eigenvalue weighted by atomic mass is 79.9. The number of aryl methyl sites for hydroxylation is 1. The van der Waals surface area contributed by atoms with Crippen molar-refractivity contribution >= 4 is 15.9 Å². The molecule has 0 radical (unpaired) electrons. The number of hydrogen-bond donors (Lipinski definition) is 0. The van der Waals surface area contributed by atoms with Gasteiger partial charge in [-0.15, -0.1) is 0 Å². The van der Waals surface area contributed by atoms with Crippen molar-refractivity contribution in [1.29, 1.82) is 0 Å². The van der Waals surface area contributed by atoms with Gasteiger partial charge in [0.1, 0.15) is 11.5 Å². The minimum Gasteiger partial charge on any atom is -0.464 e. The Morgan fingerprint density at radius 1 is 1.07 bits per heavy atom. The van der Waals surface area contributed by atoms with Gasteiger partial charge >= 0.3 is 0 Å². The van der Waals surface area contributed by atoms with Crippen LogP contribution in [-0.4, -0.2) is 0 Å². The van der Waals surface area contributed by atoms with Gasteiger partial charge in [0, 0.05) is 17.9 Å². The molecule has 1 aromatic rings. The van der Waals surface area contributed by atoms with Crippen LogP contribution < -0.4 is 0 Å². The fourth-order valence-electron chi connectivity index (χ4n) is 2.84. The molecule has 2 aliphatic rings. The van der Waals surface area contributed by atoms with E-state index in [0.29, 0.717) is 5.92 Å². The van der Waals surface area contributed by atoms with E-state index in [1.165, 1.54) is 60.1 Å². The summed E-state index contributed by atoms with van der Waals surface area (Å²) in [7, 11) is 0. The summed E-state index contributed by atoms with van der Waals surface area (Å²) in [6, 6.07) is 0. The SMILES string of the molecule is Brc1c(C2CCCC2)oc2c1CCC2. The predicted molar refractivity (Wildman–Crippen MR) is 59.6 cm³/mol. The average molecular weight is 255 g/mol. The molecular weight excluding hydrogens is 240 g/mol. The second-order valence-electron chi connectivity index (χ2n) is 4.52. The van der Waals surface area contributed by atoms with Crippen LogP contribution in [0.25, 0.3) is 0 Å². The van der Waals surface area contributed by atoms with E-state index in [4.69, 9.17) is 4.42 Å². The number of fused-ring (bicyclic) bond motifs is 1. The van der Waals surface area contributed by atoms with Crippen molar-refractivity contribution in [3.63, 3.8) is 0 Å². The van der Waals surface area contributed by atoms with Gasteiger partial charge in [0.05, 0.1) is 4.47 Å². The first-order valence-electron chi connectivity index (χ1n) is 5.66. The summed E-state index contributed by atoms with van der Waals surface area (Å²) in [5.41, 5.74) is 1.46. The summed E-state index contributed by atoms with van der Waals surface area (Å²) in [6.45, 7) is 0. The molecule has 1 aromatic heterocycles. The summed E-state index contributed by atoms with van der Waals surface area (Å²) in [5, 5.41) is 0. The number of rotatable bonds is 1. The average Bonchev–Trinajstić information content (AvgIpc) is 2.84. The summed E-state index contributed by atoms with van der Waals surface area (Å²) in [4.78, 5) is 0. The molecule has 0 spiro atoms. The van der Waals surface area contributed by atoms with E-state index >= 15 is 0 Å². The zero-order valence-corrected chi connectivity index (χ0v) is 9.90. The molecule has 0 aliphatic heterocycles.